The van der Waals surface area contributed by atoms with Crippen LogP contribution < -0.4 is 16.4 Å². The second-order valence-electron chi connectivity index (χ2n) is 15.2. The number of amidine groups is 2. The van der Waals surface area contributed by atoms with Crippen LogP contribution in [0.4, 0.5) is 0 Å². The molecule has 0 aliphatic rings. The number of nitrogens with zero attached hydrogens (tertiary/aromatic N) is 2. The van der Waals surface area contributed by atoms with E-state index in [0.29, 0.717) is 23.6 Å². The Hall–Kier alpha value is -7.38. The molecule has 6 heteroatoms. The van der Waals surface area contributed by atoms with E-state index in [9.17, 15) is 0 Å². The predicted molar refractivity (Wildman–Crippen MR) is 264 cm³/mol. The number of thiophene rings is 2. The fraction of sp³-hybridized carbons (Fsp3) is 0.0182. The van der Waals surface area contributed by atoms with Crippen LogP contribution in [-0.2, 0) is 0 Å². The predicted octanol–water partition coefficient (Wildman–Crippen LogP) is 13.3. The minimum atomic E-state index is 0.294. The molecule has 0 spiro atoms. The standard InChI is InChI=1S/C55H37N3OS2/c1-3-34(32-57-55(36-14-5-4-6-15-36)58-54(56)40-22-21-35-13-7-8-16-37(35)29-40)51-33(2)59-47-28-24-38(30-46(47)51)41-26-27-42(53-52(41)45-18-10-12-20-49(45)61-53)39-23-25-44-43-17-9-11-19-48(43)60-50(44)31-39/h3-31H,1-2,32H2,(H2,56,57,58)/b51-34-. The van der Waals surface area contributed by atoms with E-state index in [1.165, 1.54) is 57.0 Å². The van der Waals surface area contributed by atoms with E-state index in [-0.39, 0.29) is 0 Å². The number of fused-ring (bicyclic) bond motifs is 8. The third-order valence-corrected chi connectivity index (χ3v) is 13.9. The molecular weight excluding hydrogens is 783 g/mol. The molecule has 0 aliphatic carbocycles. The Kier molecular flexibility index (Phi) is 9.03. The monoisotopic (exact) mass is 819 g/mol. The largest absolute Gasteiger partial charge is 0.457 e. The van der Waals surface area contributed by atoms with E-state index < -0.39 is 0 Å². The maximum atomic E-state index is 6.69. The van der Waals surface area contributed by atoms with Crippen LogP contribution in [0.15, 0.2) is 197 Å². The molecule has 0 bridgehead atoms. The molecule has 0 fully saturated rings. The Morgan fingerprint density at radius 2 is 1.28 bits per heavy atom. The van der Waals surface area contributed by atoms with Gasteiger partial charge in [-0.05, 0) is 75.0 Å². The Balaban J connectivity index is 1.03. The first-order valence-corrected chi connectivity index (χ1v) is 21.8. The van der Waals surface area contributed by atoms with E-state index in [1.807, 2.05) is 77.3 Å². The summed E-state index contributed by atoms with van der Waals surface area (Å²) in [5, 5.41) is 9.20. The van der Waals surface area contributed by atoms with Gasteiger partial charge in [0.1, 0.15) is 16.8 Å². The van der Waals surface area contributed by atoms with Gasteiger partial charge in [0.2, 0.25) is 0 Å². The van der Waals surface area contributed by atoms with Gasteiger partial charge in [0, 0.05) is 62.1 Å². The number of aliphatic imine (C=N–C) groups is 2. The first-order valence-electron chi connectivity index (χ1n) is 20.2. The number of rotatable bonds is 7. The highest BCUT2D eigenvalue weighted by atomic mass is 32.1. The topological polar surface area (TPSA) is 63.9 Å². The minimum absolute atomic E-state index is 0.294. The summed E-state index contributed by atoms with van der Waals surface area (Å²) in [7, 11) is 0. The summed E-state index contributed by atoms with van der Waals surface area (Å²) in [5.41, 5.74) is 15.3. The van der Waals surface area contributed by atoms with Gasteiger partial charge in [-0.2, -0.15) is 0 Å². The third kappa shape index (κ3) is 6.45. The zero-order chi connectivity index (χ0) is 41.0. The molecule has 2 N–H and O–H groups in total. The van der Waals surface area contributed by atoms with Crippen molar-refractivity contribution in [2.75, 3.05) is 6.54 Å². The zero-order valence-corrected chi connectivity index (χ0v) is 34.7. The van der Waals surface area contributed by atoms with Gasteiger partial charge >= 0.3 is 0 Å². The molecule has 8 aromatic carbocycles. The van der Waals surface area contributed by atoms with Gasteiger partial charge in [0.25, 0.3) is 0 Å². The summed E-state index contributed by atoms with van der Waals surface area (Å²) in [5.74, 6) is 0.923. The molecule has 61 heavy (non-hydrogen) atoms. The van der Waals surface area contributed by atoms with Crippen molar-refractivity contribution >= 4 is 109 Å². The molecule has 0 amide bonds. The second kappa shape index (κ2) is 15.0. The van der Waals surface area contributed by atoms with Crippen molar-refractivity contribution in [2.45, 2.75) is 0 Å². The van der Waals surface area contributed by atoms with Gasteiger partial charge in [-0.3, -0.25) is 4.99 Å². The maximum Gasteiger partial charge on any atom is 0.157 e. The number of benzene rings is 8. The van der Waals surface area contributed by atoms with Crippen molar-refractivity contribution in [3.8, 4) is 22.3 Å². The molecule has 11 aromatic rings. The lowest BCUT2D eigenvalue weighted by Crippen LogP contribution is -2.22. The van der Waals surface area contributed by atoms with Crippen molar-refractivity contribution in [1.29, 1.82) is 0 Å². The molecule has 0 unspecified atom stereocenters. The lowest BCUT2D eigenvalue weighted by Gasteiger charge is -2.10. The van der Waals surface area contributed by atoms with Crippen LogP contribution >= 0.6 is 22.7 Å². The van der Waals surface area contributed by atoms with Crippen LogP contribution in [0.2, 0.25) is 0 Å². The van der Waals surface area contributed by atoms with Crippen molar-refractivity contribution < 1.29 is 4.42 Å². The normalized spacial score (nSPS) is 13.0. The Bertz CT molecular complexity index is 3740. The van der Waals surface area contributed by atoms with E-state index in [1.54, 1.807) is 0 Å². The fourth-order valence-electron chi connectivity index (χ4n) is 8.57. The van der Waals surface area contributed by atoms with E-state index >= 15 is 0 Å². The smallest absolute Gasteiger partial charge is 0.157 e. The Labute approximate surface area is 359 Å². The number of nitrogens with two attached hydrogens (primary N) is 1. The van der Waals surface area contributed by atoms with Crippen molar-refractivity contribution in [1.82, 2.24) is 0 Å². The lowest BCUT2D eigenvalue weighted by molar-refractivity contribution is 0.577. The lowest BCUT2D eigenvalue weighted by atomic mass is 9.94. The number of furan rings is 1. The summed E-state index contributed by atoms with van der Waals surface area (Å²) in [6.07, 6.45) is 1.85. The van der Waals surface area contributed by atoms with Crippen molar-refractivity contribution in [2.24, 2.45) is 15.7 Å². The molecule has 0 saturated carbocycles. The van der Waals surface area contributed by atoms with Crippen LogP contribution in [0.3, 0.4) is 0 Å². The molecular formula is C55H37N3OS2. The highest BCUT2D eigenvalue weighted by Gasteiger charge is 2.18. The first-order chi connectivity index (χ1) is 30.0. The first kappa shape index (κ1) is 36.7. The molecule has 0 aliphatic heterocycles. The van der Waals surface area contributed by atoms with E-state index in [2.05, 4.69) is 134 Å². The second-order valence-corrected chi connectivity index (χ2v) is 17.3. The zero-order valence-electron chi connectivity index (χ0n) is 33.1. The molecule has 290 valence electrons. The Morgan fingerprint density at radius 1 is 0.590 bits per heavy atom. The van der Waals surface area contributed by atoms with Crippen LogP contribution in [-0.4, -0.2) is 18.2 Å². The molecule has 0 radical (unpaired) electrons. The van der Waals surface area contributed by atoms with Crippen LogP contribution in [0.5, 0.6) is 0 Å². The van der Waals surface area contributed by atoms with Crippen LogP contribution in [0.25, 0.3) is 96.5 Å². The summed E-state index contributed by atoms with van der Waals surface area (Å²) < 4.78 is 11.5. The summed E-state index contributed by atoms with van der Waals surface area (Å²) in [4.78, 5) is 10.0. The van der Waals surface area contributed by atoms with Gasteiger partial charge in [-0.1, -0.05) is 153 Å². The van der Waals surface area contributed by atoms with Gasteiger partial charge in [-0.25, -0.2) is 4.99 Å². The molecule has 4 nitrogen and oxygen atoms in total. The Morgan fingerprint density at radius 3 is 2.11 bits per heavy atom. The molecule has 0 saturated heterocycles. The SMILES string of the molecule is C=C/C(CN=C(N=C(N)c1ccc2ccccc2c1)c1ccccc1)=c1\c(=C)oc2ccc(-c3ccc(-c4ccc5c(c4)sc4ccccc45)c4sc5ccccc5c34)cc12. The van der Waals surface area contributed by atoms with Crippen molar-refractivity contribution in [3.05, 3.63) is 204 Å². The molecule has 3 aromatic heterocycles. The van der Waals surface area contributed by atoms with E-state index in [4.69, 9.17) is 20.1 Å². The van der Waals surface area contributed by atoms with Crippen LogP contribution in [0, 0.1) is 0 Å². The summed E-state index contributed by atoms with van der Waals surface area (Å²) in [6, 6.07) is 59.6. The van der Waals surface area contributed by atoms with Crippen LogP contribution in [0.1, 0.15) is 11.1 Å². The van der Waals surface area contributed by atoms with Gasteiger partial charge in [0.15, 0.2) is 5.84 Å². The molecule has 0 atom stereocenters. The molecule has 3 heterocycles. The van der Waals surface area contributed by atoms with Crippen molar-refractivity contribution in [3.63, 3.8) is 0 Å². The minimum Gasteiger partial charge on any atom is -0.457 e. The fourth-order valence-corrected chi connectivity index (χ4v) is 11.0. The van der Waals surface area contributed by atoms with E-state index in [0.717, 1.165) is 49.2 Å². The maximum absolute atomic E-state index is 6.69. The quantitative estimate of drug-likeness (QED) is 0.129. The van der Waals surface area contributed by atoms with Gasteiger partial charge < -0.3 is 10.2 Å². The summed E-state index contributed by atoms with van der Waals surface area (Å²) >= 11 is 3.71. The average Bonchev–Trinajstić information content (AvgIpc) is 3.99. The third-order valence-electron chi connectivity index (χ3n) is 11.6. The average molecular weight is 820 g/mol. The number of hydrogen-bond acceptors (Lipinski definition) is 4. The highest BCUT2D eigenvalue weighted by molar-refractivity contribution is 7.26. The number of hydrogen-bond donors (Lipinski definition) is 1. The summed E-state index contributed by atoms with van der Waals surface area (Å²) in [6.45, 7) is 8.89. The molecule has 11 rings (SSSR count). The van der Waals surface area contributed by atoms with Gasteiger partial charge in [0.05, 0.1) is 6.54 Å². The van der Waals surface area contributed by atoms with Gasteiger partial charge in [-0.15, -0.1) is 22.7 Å². The highest BCUT2D eigenvalue weighted by Crippen LogP contribution is 2.46.